The number of para-hydroxylation sites is 2. The molecule has 8 rings (SSSR count). The summed E-state index contributed by atoms with van der Waals surface area (Å²) < 4.78 is 2.04. The number of nitrogens with zero attached hydrogens (tertiary/aromatic N) is 4. The zero-order chi connectivity index (χ0) is 32.1. The summed E-state index contributed by atoms with van der Waals surface area (Å²) in [5, 5.41) is 26.9. The molecular formula is C39H24N4O4. The van der Waals surface area contributed by atoms with Crippen molar-refractivity contribution in [3.05, 3.63) is 166 Å². The minimum Gasteiger partial charge on any atom is -0.293 e. The lowest BCUT2D eigenvalue weighted by Crippen LogP contribution is -2.02. The zero-order valence-electron chi connectivity index (χ0n) is 24.8. The van der Waals surface area contributed by atoms with E-state index in [1.54, 1.807) is 24.3 Å². The first kappa shape index (κ1) is 27.8. The Bertz CT molecular complexity index is 2530. The summed E-state index contributed by atoms with van der Waals surface area (Å²) in [6, 6.07) is 45.0. The molecule has 0 saturated heterocycles. The number of fused-ring (bicyclic) bond motifs is 4. The van der Waals surface area contributed by atoms with Crippen molar-refractivity contribution >= 4 is 44.1 Å². The van der Waals surface area contributed by atoms with Gasteiger partial charge in [-0.2, -0.15) is 0 Å². The highest BCUT2D eigenvalue weighted by atomic mass is 16.6. The van der Waals surface area contributed by atoms with E-state index in [1.807, 2.05) is 114 Å². The molecule has 0 saturated carbocycles. The first-order valence-electron chi connectivity index (χ1n) is 15.0. The highest BCUT2D eigenvalue weighted by Gasteiger charge is 2.25. The summed E-state index contributed by atoms with van der Waals surface area (Å²) in [6.07, 6.45) is 0. The third-order valence-corrected chi connectivity index (χ3v) is 8.58. The number of hydrogen-bond acceptors (Lipinski definition) is 5. The summed E-state index contributed by atoms with van der Waals surface area (Å²) in [4.78, 5) is 29.0. The van der Waals surface area contributed by atoms with Gasteiger partial charge in [0.05, 0.1) is 37.5 Å². The normalized spacial score (nSPS) is 11.3. The van der Waals surface area contributed by atoms with Gasteiger partial charge in [-0.1, -0.05) is 103 Å². The van der Waals surface area contributed by atoms with Crippen LogP contribution in [0.1, 0.15) is 0 Å². The minimum absolute atomic E-state index is 0.00897. The lowest BCUT2D eigenvalue weighted by Gasteiger charge is -2.15. The quantitative estimate of drug-likeness (QED) is 0.137. The van der Waals surface area contributed by atoms with Gasteiger partial charge in [-0.15, -0.1) is 0 Å². The largest absolute Gasteiger partial charge is 0.293 e. The molecule has 0 aliphatic heterocycles. The van der Waals surface area contributed by atoms with Gasteiger partial charge in [0.25, 0.3) is 11.4 Å². The van der Waals surface area contributed by atoms with E-state index in [4.69, 9.17) is 4.98 Å². The number of nitro groups is 2. The van der Waals surface area contributed by atoms with E-state index in [9.17, 15) is 20.2 Å². The Morgan fingerprint density at radius 2 is 1.11 bits per heavy atom. The van der Waals surface area contributed by atoms with E-state index < -0.39 is 0 Å². The van der Waals surface area contributed by atoms with Crippen LogP contribution in [0.25, 0.3) is 71.9 Å². The average molecular weight is 613 g/mol. The number of nitro benzene ring substituents is 2. The van der Waals surface area contributed by atoms with Gasteiger partial charge in [0, 0.05) is 33.9 Å². The predicted molar refractivity (Wildman–Crippen MR) is 186 cm³/mol. The van der Waals surface area contributed by atoms with Gasteiger partial charge in [0.15, 0.2) is 0 Å². The summed E-state index contributed by atoms with van der Waals surface area (Å²) in [5.41, 5.74) is 6.36. The number of aromatic nitrogens is 2. The van der Waals surface area contributed by atoms with E-state index in [-0.39, 0.29) is 21.2 Å². The fraction of sp³-hybridized carbons (Fsp3) is 0. The SMILES string of the molecule is O=[N+]([O-])c1ccccc1-c1ccc2c3cc([N+](=O)[O-])c(-c4ccccc4)cc3n(-c3nc4ccccc4cc3-c3ccccc3)c2c1. The second-order valence-corrected chi connectivity index (χ2v) is 11.3. The van der Waals surface area contributed by atoms with Crippen LogP contribution in [0, 0.1) is 20.2 Å². The van der Waals surface area contributed by atoms with Crippen LogP contribution >= 0.6 is 0 Å². The molecule has 8 aromatic rings. The number of benzene rings is 6. The third-order valence-electron chi connectivity index (χ3n) is 8.58. The first-order valence-corrected chi connectivity index (χ1v) is 15.0. The maximum atomic E-state index is 12.5. The van der Waals surface area contributed by atoms with E-state index >= 15 is 0 Å². The Hall–Kier alpha value is -6.67. The second kappa shape index (κ2) is 11.0. The fourth-order valence-corrected chi connectivity index (χ4v) is 6.43. The molecule has 0 aliphatic carbocycles. The molecule has 0 unspecified atom stereocenters. The molecule has 0 radical (unpaired) electrons. The number of pyridine rings is 1. The molecule has 0 atom stereocenters. The van der Waals surface area contributed by atoms with Crippen LogP contribution in [-0.2, 0) is 0 Å². The molecule has 0 N–H and O–H groups in total. The van der Waals surface area contributed by atoms with Gasteiger partial charge in [-0.25, -0.2) is 4.98 Å². The highest BCUT2D eigenvalue weighted by molar-refractivity contribution is 6.13. The van der Waals surface area contributed by atoms with Crippen LogP contribution in [0.2, 0.25) is 0 Å². The van der Waals surface area contributed by atoms with Crippen molar-refractivity contribution < 1.29 is 9.85 Å². The second-order valence-electron chi connectivity index (χ2n) is 11.3. The first-order chi connectivity index (χ1) is 23.0. The third kappa shape index (κ3) is 4.67. The highest BCUT2D eigenvalue weighted by Crippen LogP contribution is 2.43. The van der Waals surface area contributed by atoms with E-state index in [0.29, 0.717) is 33.5 Å². The molecule has 8 nitrogen and oxygen atoms in total. The molecule has 8 heteroatoms. The molecule has 0 aliphatic rings. The molecule has 0 bridgehead atoms. The van der Waals surface area contributed by atoms with Crippen LogP contribution < -0.4 is 0 Å². The molecule has 0 spiro atoms. The van der Waals surface area contributed by atoms with Crippen molar-refractivity contribution in [2.75, 3.05) is 0 Å². The Morgan fingerprint density at radius 3 is 1.83 bits per heavy atom. The molecule has 2 aromatic heterocycles. The summed E-state index contributed by atoms with van der Waals surface area (Å²) in [5.74, 6) is 0.641. The predicted octanol–water partition coefficient (Wildman–Crippen LogP) is 10.1. The van der Waals surface area contributed by atoms with Crippen molar-refractivity contribution in [3.63, 3.8) is 0 Å². The number of hydrogen-bond donors (Lipinski definition) is 0. The van der Waals surface area contributed by atoms with E-state index in [0.717, 1.165) is 38.4 Å². The Balaban J connectivity index is 1.55. The maximum absolute atomic E-state index is 12.5. The van der Waals surface area contributed by atoms with E-state index in [2.05, 4.69) is 6.07 Å². The van der Waals surface area contributed by atoms with Gasteiger partial charge in [0.2, 0.25) is 0 Å². The van der Waals surface area contributed by atoms with Crippen molar-refractivity contribution in [1.82, 2.24) is 9.55 Å². The lowest BCUT2D eigenvalue weighted by atomic mass is 9.99. The maximum Gasteiger partial charge on any atom is 0.277 e. The van der Waals surface area contributed by atoms with Crippen LogP contribution in [0.3, 0.4) is 0 Å². The summed E-state index contributed by atoms with van der Waals surface area (Å²) in [7, 11) is 0. The summed E-state index contributed by atoms with van der Waals surface area (Å²) >= 11 is 0. The van der Waals surface area contributed by atoms with Crippen molar-refractivity contribution in [3.8, 4) is 39.2 Å². The van der Waals surface area contributed by atoms with Crippen molar-refractivity contribution in [1.29, 1.82) is 0 Å². The van der Waals surface area contributed by atoms with Crippen LogP contribution in [0.4, 0.5) is 11.4 Å². The van der Waals surface area contributed by atoms with Gasteiger partial charge in [0.1, 0.15) is 5.82 Å². The molecule has 224 valence electrons. The van der Waals surface area contributed by atoms with Crippen LogP contribution in [-0.4, -0.2) is 19.4 Å². The Labute approximate surface area is 268 Å². The Kier molecular flexibility index (Phi) is 6.54. The lowest BCUT2D eigenvalue weighted by molar-refractivity contribution is -0.384. The van der Waals surface area contributed by atoms with Crippen molar-refractivity contribution in [2.45, 2.75) is 0 Å². The van der Waals surface area contributed by atoms with E-state index in [1.165, 1.54) is 6.07 Å². The van der Waals surface area contributed by atoms with Crippen molar-refractivity contribution in [2.24, 2.45) is 0 Å². The standard InChI is InChI=1S/C39H24N4O4/c44-42(45)35-18-10-8-16-29(35)27-19-20-30-33-24-38(43(46)47)31(25-11-3-1-4-12-25)23-37(33)41(36(30)22-27)39-32(26-13-5-2-6-14-26)21-28-15-7-9-17-34(28)40-39/h1-24H. The molecule has 0 amide bonds. The minimum atomic E-state index is -0.386. The summed E-state index contributed by atoms with van der Waals surface area (Å²) in [6.45, 7) is 0. The monoisotopic (exact) mass is 612 g/mol. The number of rotatable bonds is 6. The van der Waals surface area contributed by atoms with Crippen LogP contribution in [0.5, 0.6) is 0 Å². The fourth-order valence-electron chi connectivity index (χ4n) is 6.43. The molecule has 6 aromatic carbocycles. The molecular weight excluding hydrogens is 588 g/mol. The smallest absolute Gasteiger partial charge is 0.277 e. The molecule has 2 heterocycles. The van der Waals surface area contributed by atoms with Crippen LogP contribution in [0.15, 0.2) is 146 Å². The van der Waals surface area contributed by atoms with Gasteiger partial charge < -0.3 is 0 Å². The van der Waals surface area contributed by atoms with Gasteiger partial charge in [-0.3, -0.25) is 24.8 Å². The topological polar surface area (TPSA) is 104 Å². The molecule has 0 fully saturated rings. The average Bonchev–Trinajstić information content (AvgIpc) is 3.43. The van der Waals surface area contributed by atoms with Gasteiger partial charge >= 0.3 is 0 Å². The zero-order valence-corrected chi connectivity index (χ0v) is 24.8. The molecule has 47 heavy (non-hydrogen) atoms. The Morgan fingerprint density at radius 1 is 0.489 bits per heavy atom. The van der Waals surface area contributed by atoms with Gasteiger partial charge in [-0.05, 0) is 47.0 Å².